The SMILES string of the molecule is CC1CC(C[Se]c2ccccc2)N(CCS)C1=O. The van der Waals surface area contributed by atoms with Crippen molar-refractivity contribution in [1.82, 2.24) is 4.90 Å². The van der Waals surface area contributed by atoms with E-state index in [-0.39, 0.29) is 5.92 Å². The molecule has 2 rings (SSSR count). The van der Waals surface area contributed by atoms with Gasteiger partial charge in [0, 0.05) is 0 Å². The summed E-state index contributed by atoms with van der Waals surface area (Å²) in [6.07, 6.45) is 1.02. The molecule has 0 aromatic heterocycles. The second-order valence-electron chi connectivity index (χ2n) is 4.67. The first-order valence-corrected chi connectivity index (χ1v) is 9.01. The van der Waals surface area contributed by atoms with E-state index in [4.69, 9.17) is 0 Å². The van der Waals surface area contributed by atoms with Crippen molar-refractivity contribution in [2.45, 2.75) is 24.7 Å². The molecule has 2 nitrogen and oxygen atoms in total. The number of benzene rings is 1. The standard InChI is InChI=1S/C14H19NOSSe/c1-11-9-12(15(7-8-17)14(11)16)10-18-13-5-3-2-4-6-13/h2-6,11-12,17H,7-10H2,1H3. The molecule has 1 aliphatic rings. The number of rotatable bonds is 5. The van der Waals surface area contributed by atoms with E-state index in [1.54, 1.807) is 0 Å². The van der Waals surface area contributed by atoms with Gasteiger partial charge < -0.3 is 0 Å². The maximum atomic E-state index is 12.0. The number of likely N-dealkylation sites (tertiary alicyclic amines) is 1. The van der Waals surface area contributed by atoms with E-state index in [2.05, 4.69) is 36.9 Å². The third-order valence-electron chi connectivity index (χ3n) is 3.30. The molecule has 98 valence electrons. The van der Waals surface area contributed by atoms with Crippen LogP contribution in [0, 0.1) is 5.92 Å². The molecule has 1 aromatic carbocycles. The molecule has 4 heteroatoms. The molecule has 1 fully saturated rings. The van der Waals surface area contributed by atoms with E-state index in [1.165, 1.54) is 4.46 Å². The third kappa shape index (κ3) is 3.31. The van der Waals surface area contributed by atoms with E-state index in [0.717, 1.165) is 24.0 Å². The summed E-state index contributed by atoms with van der Waals surface area (Å²) in [6, 6.07) is 11.0. The molecule has 1 aromatic rings. The van der Waals surface area contributed by atoms with Crippen LogP contribution in [0.1, 0.15) is 13.3 Å². The number of amides is 1. The first-order valence-electron chi connectivity index (χ1n) is 6.31. The van der Waals surface area contributed by atoms with Gasteiger partial charge >= 0.3 is 121 Å². The van der Waals surface area contributed by atoms with Gasteiger partial charge in [-0.15, -0.1) is 0 Å². The molecule has 1 aliphatic heterocycles. The summed E-state index contributed by atoms with van der Waals surface area (Å²) in [6.45, 7) is 2.84. The Morgan fingerprint density at radius 2 is 2.11 bits per heavy atom. The molecule has 0 aliphatic carbocycles. The number of hydrogen-bond donors (Lipinski definition) is 1. The van der Waals surface area contributed by atoms with Crippen molar-refractivity contribution in [2.75, 3.05) is 12.3 Å². The fourth-order valence-electron chi connectivity index (χ4n) is 2.37. The van der Waals surface area contributed by atoms with Gasteiger partial charge in [0.15, 0.2) is 0 Å². The van der Waals surface area contributed by atoms with Crippen molar-refractivity contribution in [1.29, 1.82) is 0 Å². The van der Waals surface area contributed by atoms with Crippen LogP contribution in [-0.2, 0) is 4.79 Å². The van der Waals surface area contributed by atoms with Crippen molar-refractivity contribution in [2.24, 2.45) is 5.92 Å². The number of hydrogen-bond acceptors (Lipinski definition) is 2. The zero-order valence-electron chi connectivity index (χ0n) is 10.6. The van der Waals surface area contributed by atoms with Gasteiger partial charge in [-0.1, -0.05) is 0 Å². The predicted octanol–water partition coefficient (Wildman–Crippen LogP) is 1.60. The molecule has 0 radical (unpaired) electrons. The number of thiol groups is 1. The summed E-state index contributed by atoms with van der Waals surface area (Å²) < 4.78 is 1.42. The molecule has 18 heavy (non-hydrogen) atoms. The van der Waals surface area contributed by atoms with Gasteiger partial charge in [0.05, 0.1) is 0 Å². The van der Waals surface area contributed by atoms with Crippen LogP contribution in [0.5, 0.6) is 0 Å². The predicted molar refractivity (Wildman–Crippen MR) is 79.8 cm³/mol. The number of nitrogens with zero attached hydrogens (tertiary/aromatic N) is 1. The van der Waals surface area contributed by atoms with E-state index >= 15 is 0 Å². The zero-order valence-corrected chi connectivity index (χ0v) is 13.2. The Morgan fingerprint density at radius 3 is 2.78 bits per heavy atom. The van der Waals surface area contributed by atoms with Crippen LogP contribution in [-0.4, -0.2) is 44.1 Å². The second kappa shape index (κ2) is 6.65. The Balaban J connectivity index is 1.94. The summed E-state index contributed by atoms with van der Waals surface area (Å²) in [4.78, 5) is 14.1. The van der Waals surface area contributed by atoms with Gasteiger partial charge in [0.2, 0.25) is 0 Å². The van der Waals surface area contributed by atoms with E-state index in [0.29, 0.717) is 26.9 Å². The molecule has 1 heterocycles. The van der Waals surface area contributed by atoms with Crippen molar-refractivity contribution in [3.05, 3.63) is 30.3 Å². The monoisotopic (exact) mass is 329 g/mol. The topological polar surface area (TPSA) is 20.3 Å². The van der Waals surface area contributed by atoms with E-state index in [9.17, 15) is 4.79 Å². The Morgan fingerprint density at radius 1 is 1.39 bits per heavy atom. The van der Waals surface area contributed by atoms with Crippen LogP contribution in [0.4, 0.5) is 0 Å². The summed E-state index contributed by atoms with van der Waals surface area (Å²) >= 11 is 4.72. The Kier molecular flexibility index (Phi) is 5.16. The Labute approximate surface area is 121 Å². The average Bonchev–Trinajstić information content (AvgIpc) is 2.66. The first-order chi connectivity index (χ1) is 8.72. The Hall–Kier alpha value is -0.441. The van der Waals surface area contributed by atoms with Crippen LogP contribution in [0.15, 0.2) is 30.3 Å². The molecule has 0 bridgehead atoms. The zero-order chi connectivity index (χ0) is 13.0. The molecule has 0 N–H and O–H groups in total. The molecule has 0 saturated carbocycles. The third-order valence-corrected chi connectivity index (χ3v) is 5.92. The summed E-state index contributed by atoms with van der Waals surface area (Å²) in [7, 11) is 0. The van der Waals surface area contributed by atoms with Gasteiger partial charge in [-0.2, -0.15) is 0 Å². The molecule has 2 unspecified atom stereocenters. The molecular weight excluding hydrogens is 309 g/mol. The second-order valence-corrected chi connectivity index (χ2v) is 7.41. The maximum absolute atomic E-state index is 12.0. The summed E-state index contributed by atoms with van der Waals surface area (Å²) in [5.41, 5.74) is 0. The minimum atomic E-state index is 0.196. The number of carbonyl (C=O) groups is 1. The normalized spacial score (nSPS) is 23.7. The summed E-state index contributed by atoms with van der Waals surface area (Å²) in [5, 5.41) is 1.13. The van der Waals surface area contributed by atoms with Gasteiger partial charge in [-0.3, -0.25) is 0 Å². The molecular formula is C14H19NOSSe. The van der Waals surface area contributed by atoms with Crippen molar-refractivity contribution in [3.63, 3.8) is 0 Å². The minimum absolute atomic E-state index is 0.196. The van der Waals surface area contributed by atoms with Crippen molar-refractivity contribution < 1.29 is 4.79 Å². The van der Waals surface area contributed by atoms with Gasteiger partial charge in [0.1, 0.15) is 0 Å². The van der Waals surface area contributed by atoms with Gasteiger partial charge in [-0.25, -0.2) is 0 Å². The summed E-state index contributed by atoms with van der Waals surface area (Å²) in [5.74, 6) is 1.27. The molecule has 2 atom stereocenters. The van der Waals surface area contributed by atoms with Crippen LogP contribution in [0.2, 0.25) is 5.32 Å². The molecule has 1 saturated heterocycles. The van der Waals surface area contributed by atoms with Crippen LogP contribution in [0.25, 0.3) is 0 Å². The van der Waals surface area contributed by atoms with Crippen LogP contribution >= 0.6 is 12.6 Å². The molecule has 0 spiro atoms. The van der Waals surface area contributed by atoms with E-state index in [1.807, 2.05) is 17.9 Å². The molecule has 1 amide bonds. The van der Waals surface area contributed by atoms with Gasteiger partial charge in [-0.05, 0) is 0 Å². The van der Waals surface area contributed by atoms with Gasteiger partial charge in [0.25, 0.3) is 0 Å². The Bertz CT molecular complexity index is 398. The van der Waals surface area contributed by atoms with Crippen molar-refractivity contribution in [3.8, 4) is 0 Å². The fraction of sp³-hybridized carbons (Fsp3) is 0.500. The number of carbonyl (C=O) groups excluding carboxylic acids is 1. The fourth-order valence-corrected chi connectivity index (χ4v) is 4.79. The average molecular weight is 328 g/mol. The van der Waals surface area contributed by atoms with E-state index < -0.39 is 0 Å². The van der Waals surface area contributed by atoms with Crippen LogP contribution < -0.4 is 4.46 Å². The van der Waals surface area contributed by atoms with Crippen molar-refractivity contribution >= 4 is 38.0 Å². The van der Waals surface area contributed by atoms with Crippen LogP contribution in [0.3, 0.4) is 0 Å². The first kappa shape index (κ1) is 14.0. The quantitative estimate of drug-likeness (QED) is 0.643.